The molecule has 0 aliphatic heterocycles. The molecule has 114 valence electrons. The second-order valence-corrected chi connectivity index (χ2v) is 6.94. The van der Waals surface area contributed by atoms with Crippen LogP contribution in [0.25, 0.3) is 0 Å². The Kier molecular flexibility index (Phi) is 6.68. The first-order valence-corrected chi connectivity index (χ1v) is 8.85. The zero-order valence-electron chi connectivity index (χ0n) is 13.4. The van der Waals surface area contributed by atoms with Crippen molar-refractivity contribution in [2.24, 2.45) is 0 Å². The fourth-order valence-corrected chi connectivity index (χ4v) is 5.31. The molecule has 0 fully saturated rings. The van der Waals surface area contributed by atoms with Crippen LogP contribution in [0.1, 0.15) is 31.9 Å². The molecule has 0 unspecified atom stereocenters. The Labute approximate surface area is 123 Å². The molecule has 0 aliphatic rings. The van der Waals surface area contributed by atoms with Crippen LogP contribution < -0.4 is 9.92 Å². The first-order chi connectivity index (χ1) is 9.56. The van der Waals surface area contributed by atoms with Gasteiger partial charge in [0.25, 0.3) is 0 Å². The zero-order chi connectivity index (χ0) is 15.2. The molecule has 4 nitrogen and oxygen atoms in total. The molecule has 5 heteroatoms. The summed E-state index contributed by atoms with van der Waals surface area (Å²) in [6.07, 6.45) is 0. The topological polar surface area (TPSA) is 36.9 Å². The van der Waals surface area contributed by atoms with Gasteiger partial charge in [0.15, 0.2) is 0 Å². The van der Waals surface area contributed by atoms with Crippen molar-refractivity contribution >= 4 is 14.0 Å². The molecule has 0 saturated heterocycles. The molecule has 0 N–H and O–H groups in total. The summed E-state index contributed by atoms with van der Waals surface area (Å²) in [6.45, 7) is 11.6. The van der Waals surface area contributed by atoms with E-state index in [-0.39, 0.29) is 0 Å². The molecule has 0 amide bonds. The van der Waals surface area contributed by atoms with Crippen LogP contribution in [0, 0.1) is 13.8 Å². The van der Waals surface area contributed by atoms with Crippen LogP contribution in [0.3, 0.4) is 0 Å². The number of methoxy groups -OCH3 is 1. The Balaban J connectivity index is 3.49. The van der Waals surface area contributed by atoms with Crippen molar-refractivity contribution in [3.63, 3.8) is 0 Å². The average molecular weight is 298 g/mol. The van der Waals surface area contributed by atoms with Gasteiger partial charge in [-0.1, -0.05) is 12.1 Å². The Bertz CT molecular complexity index is 417. The first kappa shape index (κ1) is 17.2. The highest BCUT2D eigenvalue weighted by Crippen LogP contribution is 2.24. The summed E-state index contributed by atoms with van der Waals surface area (Å²) in [7, 11) is -1.26. The van der Waals surface area contributed by atoms with Gasteiger partial charge in [0.2, 0.25) is 0 Å². The third kappa shape index (κ3) is 3.41. The second-order valence-electron chi connectivity index (χ2n) is 4.46. The van der Waals surface area contributed by atoms with Gasteiger partial charge in [-0.2, -0.15) is 0 Å². The van der Waals surface area contributed by atoms with Gasteiger partial charge in [-0.15, -0.1) is 0 Å². The molecule has 0 aromatic heterocycles. The molecule has 0 radical (unpaired) electrons. The highest BCUT2D eigenvalue weighted by molar-refractivity contribution is 6.76. The van der Waals surface area contributed by atoms with Crippen LogP contribution in [-0.2, 0) is 13.3 Å². The van der Waals surface area contributed by atoms with Gasteiger partial charge in [-0.3, -0.25) is 0 Å². The Morgan fingerprint density at radius 3 is 1.70 bits per heavy atom. The molecule has 0 heterocycles. The average Bonchev–Trinajstić information content (AvgIpc) is 2.41. The maximum absolute atomic E-state index is 5.99. The predicted octanol–water partition coefficient (Wildman–Crippen LogP) is 2.57. The largest absolute Gasteiger partial charge is 0.541 e. The van der Waals surface area contributed by atoms with Crippen LogP contribution in [0.5, 0.6) is 5.75 Å². The minimum Gasteiger partial charge on any atom is -0.496 e. The van der Waals surface area contributed by atoms with Gasteiger partial charge in [-0.05, 0) is 45.7 Å². The van der Waals surface area contributed by atoms with E-state index in [1.807, 2.05) is 40.7 Å². The SMILES string of the molecule is CCO[Si](OCC)(OCC)c1c(C)ccc(C)c1OC. The first-order valence-electron chi connectivity index (χ1n) is 7.12. The van der Waals surface area contributed by atoms with Gasteiger partial charge in [0.05, 0.1) is 12.3 Å². The molecule has 0 aliphatic carbocycles. The highest BCUT2D eigenvalue weighted by atomic mass is 28.4. The summed E-state index contributed by atoms with van der Waals surface area (Å²) < 4.78 is 23.6. The number of aryl methyl sites for hydroxylation is 2. The van der Waals surface area contributed by atoms with Crippen molar-refractivity contribution in [3.05, 3.63) is 23.3 Å². The van der Waals surface area contributed by atoms with E-state index in [1.54, 1.807) is 7.11 Å². The van der Waals surface area contributed by atoms with Crippen molar-refractivity contribution in [1.82, 2.24) is 0 Å². The lowest BCUT2D eigenvalue weighted by atomic mass is 10.1. The fourth-order valence-electron chi connectivity index (χ4n) is 2.34. The minimum atomic E-state index is -2.94. The molecular weight excluding hydrogens is 272 g/mol. The summed E-state index contributed by atoms with van der Waals surface area (Å²) in [5.74, 6) is 0.812. The maximum atomic E-state index is 5.99. The smallest absolute Gasteiger partial charge is 0.496 e. The van der Waals surface area contributed by atoms with E-state index < -0.39 is 8.80 Å². The molecule has 0 atom stereocenters. The van der Waals surface area contributed by atoms with Gasteiger partial charge in [0.1, 0.15) is 5.75 Å². The molecule has 0 spiro atoms. The Hall–Kier alpha value is -0.883. The zero-order valence-corrected chi connectivity index (χ0v) is 14.4. The minimum absolute atomic E-state index is 0.544. The summed E-state index contributed by atoms with van der Waals surface area (Å²) in [5, 5.41) is 0.950. The van der Waals surface area contributed by atoms with E-state index in [4.69, 9.17) is 18.0 Å². The standard InChI is InChI=1S/C15H26O4Si/c1-7-17-20(18-8-2,19-9-3)15-13(5)11-10-12(4)14(15)16-6/h10-11H,7-9H2,1-6H3. The Morgan fingerprint density at radius 2 is 1.30 bits per heavy atom. The van der Waals surface area contributed by atoms with Crippen LogP contribution in [0.2, 0.25) is 0 Å². The maximum Gasteiger partial charge on any atom is 0.541 e. The van der Waals surface area contributed by atoms with E-state index in [1.165, 1.54) is 0 Å². The third-order valence-corrected chi connectivity index (χ3v) is 6.32. The number of ether oxygens (including phenoxy) is 1. The summed E-state index contributed by atoms with van der Waals surface area (Å²) in [4.78, 5) is 0. The number of benzene rings is 1. The van der Waals surface area contributed by atoms with Gasteiger partial charge >= 0.3 is 8.80 Å². The second kappa shape index (κ2) is 7.78. The number of hydrogen-bond acceptors (Lipinski definition) is 4. The van der Waals surface area contributed by atoms with Crippen LogP contribution >= 0.6 is 0 Å². The fraction of sp³-hybridized carbons (Fsp3) is 0.600. The monoisotopic (exact) mass is 298 g/mol. The molecule has 1 aromatic rings. The van der Waals surface area contributed by atoms with Gasteiger partial charge < -0.3 is 18.0 Å². The lowest BCUT2D eigenvalue weighted by Gasteiger charge is -2.31. The van der Waals surface area contributed by atoms with Crippen LogP contribution in [0.4, 0.5) is 0 Å². The molecule has 20 heavy (non-hydrogen) atoms. The lowest BCUT2D eigenvalue weighted by molar-refractivity contribution is 0.0852. The van der Waals surface area contributed by atoms with Crippen LogP contribution in [0.15, 0.2) is 12.1 Å². The van der Waals surface area contributed by atoms with Crippen molar-refractivity contribution in [2.75, 3.05) is 26.9 Å². The van der Waals surface area contributed by atoms with Crippen molar-refractivity contribution in [1.29, 1.82) is 0 Å². The predicted molar refractivity (Wildman–Crippen MR) is 82.7 cm³/mol. The lowest BCUT2D eigenvalue weighted by Crippen LogP contribution is -2.58. The van der Waals surface area contributed by atoms with Crippen molar-refractivity contribution in [2.45, 2.75) is 34.6 Å². The summed E-state index contributed by atoms with van der Waals surface area (Å²) in [5.41, 5.74) is 2.14. The molecule has 0 bridgehead atoms. The van der Waals surface area contributed by atoms with Crippen molar-refractivity contribution < 1.29 is 18.0 Å². The number of rotatable bonds is 8. The molecular formula is C15H26O4Si. The van der Waals surface area contributed by atoms with E-state index >= 15 is 0 Å². The summed E-state index contributed by atoms with van der Waals surface area (Å²) >= 11 is 0. The number of hydrogen-bond donors (Lipinski definition) is 0. The molecule has 1 aromatic carbocycles. The molecule has 1 rings (SSSR count). The quantitative estimate of drug-likeness (QED) is 0.691. The van der Waals surface area contributed by atoms with E-state index in [0.29, 0.717) is 19.8 Å². The van der Waals surface area contributed by atoms with Crippen LogP contribution in [-0.4, -0.2) is 35.7 Å². The van der Waals surface area contributed by atoms with E-state index in [2.05, 4.69) is 6.07 Å². The normalized spacial score (nSPS) is 11.7. The van der Waals surface area contributed by atoms with Gasteiger partial charge in [-0.25, -0.2) is 0 Å². The van der Waals surface area contributed by atoms with E-state index in [9.17, 15) is 0 Å². The van der Waals surface area contributed by atoms with E-state index in [0.717, 1.165) is 22.1 Å². The van der Waals surface area contributed by atoms with Gasteiger partial charge in [0, 0.05) is 19.8 Å². The third-order valence-electron chi connectivity index (χ3n) is 3.08. The van der Waals surface area contributed by atoms with Crippen molar-refractivity contribution in [3.8, 4) is 5.75 Å². The Morgan fingerprint density at radius 1 is 0.850 bits per heavy atom. The summed E-state index contributed by atoms with van der Waals surface area (Å²) in [6, 6.07) is 4.10. The molecule has 0 saturated carbocycles. The highest BCUT2D eigenvalue weighted by Gasteiger charge is 2.47.